The Bertz CT molecular complexity index is 611. The molecule has 0 radical (unpaired) electrons. The Morgan fingerprint density at radius 1 is 1.42 bits per heavy atom. The first kappa shape index (κ1) is 12.1. The molecule has 1 aromatic heterocycles. The van der Waals surface area contributed by atoms with Gasteiger partial charge in [0.2, 0.25) is 5.91 Å². The molecule has 0 bridgehead atoms. The SMILES string of the molecule is CC1CCNC1C(=O)Nc1ccc2ncccc2c1. The molecule has 1 aromatic carbocycles. The molecule has 2 atom stereocenters. The standard InChI is InChI=1S/C15H17N3O/c1-10-6-8-17-14(10)15(19)18-12-4-5-13-11(9-12)3-2-7-16-13/h2-5,7,9-10,14,17H,6,8H2,1H3,(H,18,19). The van der Waals surface area contributed by atoms with Crippen LogP contribution in [0.4, 0.5) is 5.69 Å². The molecule has 3 rings (SSSR count). The average molecular weight is 255 g/mol. The van der Waals surface area contributed by atoms with Crippen molar-refractivity contribution >= 4 is 22.5 Å². The second-order valence-corrected chi connectivity index (χ2v) is 5.10. The predicted molar refractivity (Wildman–Crippen MR) is 75.9 cm³/mol. The second kappa shape index (κ2) is 4.97. The van der Waals surface area contributed by atoms with Gasteiger partial charge in [-0.25, -0.2) is 0 Å². The maximum atomic E-state index is 12.2. The fourth-order valence-electron chi connectivity index (χ4n) is 2.56. The lowest BCUT2D eigenvalue weighted by Gasteiger charge is -2.15. The largest absolute Gasteiger partial charge is 0.325 e. The zero-order valence-electron chi connectivity index (χ0n) is 10.9. The maximum absolute atomic E-state index is 12.2. The normalized spacial score (nSPS) is 22.6. The Hall–Kier alpha value is -1.94. The molecule has 19 heavy (non-hydrogen) atoms. The van der Waals surface area contributed by atoms with Gasteiger partial charge in [-0.15, -0.1) is 0 Å². The van der Waals surface area contributed by atoms with Gasteiger partial charge in [0, 0.05) is 17.3 Å². The number of rotatable bonds is 2. The number of carbonyl (C=O) groups excluding carboxylic acids is 1. The highest BCUT2D eigenvalue weighted by Crippen LogP contribution is 2.19. The van der Waals surface area contributed by atoms with Crippen LogP contribution in [0.3, 0.4) is 0 Å². The van der Waals surface area contributed by atoms with Crippen molar-refractivity contribution in [2.45, 2.75) is 19.4 Å². The van der Waals surface area contributed by atoms with Gasteiger partial charge in [-0.05, 0) is 43.1 Å². The van der Waals surface area contributed by atoms with Crippen LogP contribution in [0, 0.1) is 5.92 Å². The van der Waals surface area contributed by atoms with Crippen molar-refractivity contribution in [1.29, 1.82) is 0 Å². The van der Waals surface area contributed by atoms with Crippen molar-refractivity contribution in [3.05, 3.63) is 36.5 Å². The quantitative estimate of drug-likeness (QED) is 0.864. The van der Waals surface area contributed by atoms with Gasteiger partial charge < -0.3 is 10.6 Å². The van der Waals surface area contributed by atoms with Gasteiger partial charge in [-0.3, -0.25) is 9.78 Å². The molecule has 4 heteroatoms. The summed E-state index contributed by atoms with van der Waals surface area (Å²) in [6.45, 7) is 3.02. The number of aromatic nitrogens is 1. The van der Waals surface area contributed by atoms with Gasteiger partial charge in [0.15, 0.2) is 0 Å². The number of nitrogens with zero attached hydrogens (tertiary/aromatic N) is 1. The van der Waals surface area contributed by atoms with Gasteiger partial charge >= 0.3 is 0 Å². The van der Waals surface area contributed by atoms with Gasteiger partial charge in [0.1, 0.15) is 0 Å². The van der Waals surface area contributed by atoms with Crippen molar-refractivity contribution in [2.75, 3.05) is 11.9 Å². The van der Waals surface area contributed by atoms with E-state index in [1.807, 2.05) is 30.3 Å². The molecular formula is C15H17N3O. The fourth-order valence-corrected chi connectivity index (χ4v) is 2.56. The molecule has 2 unspecified atom stereocenters. The van der Waals surface area contributed by atoms with Crippen LogP contribution < -0.4 is 10.6 Å². The van der Waals surface area contributed by atoms with E-state index in [2.05, 4.69) is 22.5 Å². The minimum Gasteiger partial charge on any atom is -0.325 e. The highest BCUT2D eigenvalue weighted by molar-refractivity contribution is 5.97. The lowest BCUT2D eigenvalue weighted by Crippen LogP contribution is -2.39. The Morgan fingerprint density at radius 3 is 3.11 bits per heavy atom. The number of nitrogens with one attached hydrogen (secondary N) is 2. The third-order valence-electron chi connectivity index (χ3n) is 3.69. The zero-order valence-corrected chi connectivity index (χ0v) is 10.9. The van der Waals surface area contributed by atoms with E-state index in [0.29, 0.717) is 5.92 Å². The third kappa shape index (κ3) is 2.44. The number of benzene rings is 1. The number of amides is 1. The van der Waals surface area contributed by atoms with Crippen LogP contribution in [0.5, 0.6) is 0 Å². The van der Waals surface area contributed by atoms with Gasteiger partial charge in [-0.1, -0.05) is 13.0 Å². The van der Waals surface area contributed by atoms with Crippen LogP contribution >= 0.6 is 0 Å². The molecule has 1 saturated heterocycles. The van der Waals surface area contributed by atoms with E-state index in [-0.39, 0.29) is 11.9 Å². The first-order chi connectivity index (χ1) is 9.24. The number of hydrogen-bond donors (Lipinski definition) is 2. The molecule has 2 heterocycles. The van der Waals surface area contributed by atoms with Crippen LogP contribution in [-0.4, -0.2) is 23.5 Å². The van der Waals surface area contributed by atoms with Crippen molar-refractivity contribution < 1.29 is 4.79 Å². The summed E-state index contributed by atoms with van der Waals surface area (Å²) >= 11 is 0. The lowest BCUT2D eigenvalue weighted by atomic mass is 10.0. The molecule has 1 fully saturated rings. The van der Waals surface area contributed by atoms with E-state index < -0.39 is 0 Å². The molecule has 0 spiro atoms. The van der Waals surface area contributed by atoms with Crippen molar-refractivity contribution in [3.63, 3.8) is 0 Å². The molecule has 0 saturated carbocycles. The molecule has 4 nitrogen and oxygen atoms in total. The minimum atomic E-state index is -0.0791. The first-order valence-corrected chi connectivity index (χ1v) is 6.63. The molecule has 1 aliphatic heterocycles. The van der Waals surface area contributed by atoms with E-state index in [0.717, 1.165) is 29.6 Å². The molecule has 0 aliphatic carbocycles. The Labute approximate surface area is 112 Å². The van der Waals surface area contributed by atoms with Crippen LogP contribution in [0.15, 0.2) is 36.5 Å². The van der Waals surface area contributed by atoms with Gasteiger partial charge in [0.05, 0.1) is 11.6 Å². The topological polar surface area (TPSA) is 54.0 Å². The molecular weight excluding hydrogens is 238 g/mol. The summed E-state index contributed by atoms with van der Waals surface area (Å²) < 4.78 is 0. The first-order valence-electron chi connectivity index (χ1n) is 6.63. The highest BCUT2D eigenvalue weighted by atomic mass is 16.2. The highest BCUT2D eigenvalue weighted by Gasteiger charge is 2.29. The van der Waals surface area contributed by atoms with Crippen LogP contribution in [0.2, 0.25) is 0 Å². The minimum absolute atomic E-state index is 0.0493. The summed E-state index contributed by atoms with van der Waals surface area (Å²) in [5.41, 5.74) is 1.76. The zero-order chi connectivity index (χ0) is 13.2. The Morgan fingerprint density at radius 2 is 2.32 bits per heavy atom. The van der Waals surface area contributed by atoms with E-state index in [9.17, 15) is 4.79 Å². The number of pyridine rings is 1. The van der Waals surface area contributed by atoms with Crippen LogP contribution in [-0.2, 0) is 4.79 Å². The summed E-state index contributed by atoms with van der Waals surface area (Å²) in [6, 6.07) is 9.59. The summed E-state index contributed by atoms with van der Waals surface area (Å²) in [7, 11) is 0. The molecule has 2 aromatic rings. The van der Waals surface area contributed by atoms with Crippen molar-refractivity contribution in [3.8, 4) is 0 Å². The average Bonchev–Trinajstić information content (AvgIpc) is 2.85. The van der Waals surface area contributed by atoms with Crippen LogP contribution in [0.25, 0.3) is 10.9 Å². The molecule has 98 valence electrons. The maximum Gasteiger partial charge on any atom is 0.241 e. The fraction of sp³-hybridized carbons (Fsp3) is 0.333. The third-order valence-corrected chi connectivity index (χ3v) is 3.69. The van der Waals surface area contributed by atoms with E-state index >= 15 is 0 Å². The Balaban J connectivity index is 1.79. The number of fused-ring (bicyclic) bond motifs is 1. The van der Waals surface area contributed by atoms with Crippen molar-refractivity contribution in [1.82, 2.24) is 10.3 Å². The number of anilines is 1. The second-order valence-electron chi connectivity index (χ2n) is 5.10. The summed E-state index contributed by atoms with van der Waals surface area (Å²) in [6.07, 6.45) is 2.82. The van der Waals surface area contributed by atoms with E-state index in [4.69, 9.17) is 0 Å². The summed E-state index contributed by atoms with van der Waals surface area (Å²) in [4.78, 5) is 16.4. The van der Waals surface area contributed by atoms with E-state index in [1.54, 1.807) is 6.20 Å². The smallest absolute Gasteiger partial charge is 0.241 e. The number of carbonyl (C=O) groups is 1. The van der Waals surface area contributed by atoms with Gasteiger partial charge in [0.25, 0.3) is 0 Å². The number of hydrogen-bond acceptors (Lipinski definition) is 3. The van der Waals surface area contributed by atoms with Crippen molar-refractivity contribution in [2.24, 2.45) is 5.92 Å². The molecule has 1 aliphatic rings. The lowest BCUT2D eigenvalue weighted by molar-refractivity contribution is -0.118. The van der Waals surface area contributed by atoms with E-state index in [1.165, 1.54) is 0 Å². The Kier molecular flexibility index (Phi) is 3.17. The van der Waals surface area contributed by atoms with Gasteiger partial charge in [-0.2, -0.15) is 0 Å². The monoisotopic (exact) mass is 255 g/mol. The molecule has 1 amide bonds. The predicted octanol–water partition coefficient (Wildman–Crippen LogP) is 2.17. The van der Waals surface area contributed by atoms with Crippen LogP contribution in [0.1, 0.15) is 13.3 Å². The summed E-state index contributed by atoms with van der Waals surface area (Å²) in [5.74, 6) is 0.440. The molecule has 2 N–H and O–H groups in total. The summed E-state index contributed by atoms with van der Waals surface area (Å²) in [5, 5.41) is 7.25.